The molecule has 8 heteroatoms. The maximum atomic E-state index is 12.8. The number of carbonyl (C=O) groups is 1. The van der Waals surface area contributed by atoms with Crippen molar-refractivity contribution in [2.75, 3.05) is 18.5 Å². The fourth-order valence-electron chi connectivity index (χ4n) is 3.02. The number of ether oxygens (including phenoxy) is 3. The minimum absolute atomic E-state index is 0. The summed E-state index contributed by atoms with van der Waals surface area (Å²) in [7, 11) is 0. The van der Waals surface area contributed by atoms with Crippen LogP contribution in [0.5, 0.6) is 11.5 Å². The molecule has 3 aromatic rings. The highest BCUT2D eigenvalue weighted by Crippen LogP contribution is 2.36. The lowest BCUT2D eigenvalue weighted by atomic mass is 10.1. The van der Waals surface area contributed by atoms with Gasteiger partial charge in [0.25, 0.3) is 0 Å². The number of anilines is 2. The summed E-state index contributed by atoms with van der Waals surface area (Å²) in [5.74, 6) is 0.887. The Bertz CT molecular complexity index is 1060. The number of aromatic nitrogens is 2. The molecule has 7 nitrogen and oxygen atoms in total. The van der Waals surface area contributed by atoms with Crippen LogP contribution in [0.2, 0.25) is 0 Å². The van der Waals surface area contributed by atoms with Crippen LogP contribution in [0.4, 0.5) is 11.4 Å². The molecule has 0 bridgehead atoms. The number of hydrogen-bond donors (Lipinski definition) is 1. The van der Waals surface area contributed by atoms with Gasteiger partial charge in [-0.3, -0.25) is 0 Å². The summed E-state index contributed by atoms with van der Waals surface area (Å²) in [6.07, 6.45) is 1.24. The van der Waals surface area contributed by atoms with E-state index in [-0.39, 0.29) is 18.5 Å². The van der Waals surface area contributed by atoms with Gasteiger partial charge in [0.2, 0.25) is 0 Å². The zero-order chi connectivity index (χ0) is 21.7. The third-order valence-electron chi connectivity index (χ3n) is 4.25. The van der Waals surface area contributed by atoms with Crippen molar-refractivity contribution in [3.05, 3.63) is 47.8 Å². The van der Waals surface area contributed by atoms with E-state index in [9.17, 15) is 4.79 Å². The lowest BCUT2D eigenvalue weighted by Crippen LogP contribution is -2.14. The van der Waals surface area contributed by atoms with Gasteiger partial charge < -0.3 is 19.5 Å². The van der Waals surface area contributed by atoms with E-state index in [0.29, 0.717) is 52.7 Å². The van der Waals surface area contributed by atoms with E-state index in [2.05, 4.69) is 15.3 Å². The van der Waals surface area contributed by atoms with Gasteiger partial charge in [-0.15, -0.1) is 12.4 Å². The van der Waals surface area contributed by atoms with Crippen LogP contribution in [-0.2, 0) is 4.74 Å². The van der Waals surface area contributed by atoms with E-state index < -0.39 is 5.97 Å². The van der Waals surface area contributed by atoms with Gasteiger partial charge in [-0.05, 0) is 58.9 Å². The Morgan fingerprint density at radius 2 is 1.84 bits per heavy atom. The van der Waals surface area contributed by atoms with Crippen molar-refractivity contribution in [2.24, 2.45) is 0 Å². The van der Waals surface area contributed by atoms with Crippen LogP contribution >= 0.6 is 12.4 Å². The molecule has 0 unspecified atom stereocenters. The molecule has 2 aromatic heterocycles. The van der Waals surface area contributed by atoms with Crippen molar-refractivity contribution in [3.63, 3.8) is 0 Å². The first-order valence-electron chi connectivity index (χ1n) is 10.1. The largest absolute Gasteiger partial charge is 0.494 e. The molecule has 2 heterocycles. The first-order chi connectivity index (χ1) is 14.4. The average Bonchev–Trinajstić information content (AvgIpc) is 2.69. The summed E-state index contributed by atoms with van der Waals surface area (Å²) in [5, 5.41) is 4.07. The molecule has 3 rings (SSSR count). The summed E-state index contributed by atoms with van der Waals surface area (Å²) in [6.45, 7) is 10.4. The molecule has 0 amide bonds. The highest BCUT2D eigenvalue weighted by Gasteiger charge is 2.20. The van der Waals surface area contributed by atoms with Crippen LogP contribution in [0.1, 0.15) is 43.7 Å². The molecule has 0 saturated heterocycles. The normalized spacial score (nSPS) is 10.5. The van der Waals surface area contributed by atoms with E-state index in [0.717, 1.165) is 5.69 Å². The van der Waals surface area contributed by atoms with Crippen molar-refractivity contribution >= 4 is 40.8 Å². The average molecular weight is 446 g/mol. The fourth-order valence-corrected chi connectivity index (χ4v) is 3.02. The van der Waals surface area contributed by atoms with Crippen molar-refractivity contribution in [3.8, 4) is 11.5 Å². The molecular formula is C23H28ClN3O4. The minimum Gasteiger partial charge on any atom is -0.494 e. The molecule has 166 valence electrons. The van der Waals surface area contributed by atoms with Crippen LogP contribution in [0, 0.1) is 6.92 Å². The number of esters is 1. The molecule has 0 aliphatic heterocycles. The third kappa shape index (κ3) is 5.76. The van der Waals surface area contributed by atoms with Gasteiger partial charge in [-0.25, -0.2) is 14.8 Å². The van der Waals surface area contributed by atoms with Crippen LogP contribution in [-0.4, -0.2) is 35.3 Å². The second kappa shape index (κ2) is 10.8. The Morgan fingerprint density at radius 1 is 1.10 bits per heavy atom. The monoisotopic (exact) mass is 445 g/mol. The molecular weight excluding hydrogens is 418 g/mol. The lowest BCUT2D eigenvalue weighted by Gasteiger charge is -2.18. The number of pyridine rings is 2. The van der Waals surface area contributed by atoms with Gasteiger partial charge in [-0.2, -0.15) is 0 Å². The van der Waals surface area contributed by atoms with Gasteiger partial charge in [0.15, 0.2) is 5.65 Å². The van der Waals surface area contributed by atoms with Crippen LogP contribution in [0.3, 0.4) is 0 Å². The van der Waals surface area contributed by atoms with Crippen LogP contribution in [0.15, 0.2) is 36.5 Å². The maximum absolute atomic E-state index is 12.8. The second-order valence-corrected chi connectivity index (χ2v) is 6.97. The Morgan fingerprint density at radius 3 is 2.52 bits per heavy atom. The molecule has 0 atom stereocenters. The number of rotatable bonds is 8. The molecule has 0 radical (unpaired) electrons. The fraction of sp³-hybridized carbons (Fsp3) is 0.348. The first-order valence-corrected chi connectivity index (χ1v) is 10.1. The molecule has 0 aliphatic carbocycles. The van der Waals surface area contributed by atoms with Gasteiger partial charge in [0.1, 0.15) is 17.1 Å². The van der Waals surface area contributed by atoms with E-state index in [1.165, 1.54) is 6.20 Å². The minimum atomic E-state index is -0.457. The maximum Gasteiger partial charge on any atom is 0.342 e. The van der Waals surface area contributed by atoms with E-state index in [1.807, 2.05) is 65.0 Å². The molecule has 0 fully saturated rings. The van der Waals surface area contributed by atoms with Crippen LogP contribution < -0.4 is 14.8 Å². The summed E-state index contributed by atoms with van der Waals surface area (Å²) in [4.78, 5) is 21.6. The molecule has 1 N–H and O–H groups in total. The molecule has 1 aromatic carbocycles. The Kier molecular flexibility index (Phi) is 8.45. The van der Waals surface area contributed by atoms with Gasteiger partial charge in [-0.1, -0.05) is 0 Å². The second-order valence-electron chi connectivity index (χ2n) is 6.97. The van der Waals surface area contributed by atoms with Crippen LogP contribution in [0.25, 0.3) is 11.0 Å². The standard InChI is InChI=1S/C23H27N3O4.ClH/c1-6-28-16-9-11-20(29-7-2)19(12-16)26-21-17-10-8-15(5)25-22(17)24-13-18(21)23(27)30-14(3)4;/h8-14H,6-7H2,1-5H3,(H,24,25,26);1H. The van der Waals surface area contributed by atoms with Gasteiger partial charge in [0.05, 0.1) is 30.7 Å². The summed E-state index contributed by atoms with van der Waals surface area (Å²) in [6, 6.07) is 9.32. The Hall–Kier alpha value is -3.06. The number of hydrogen-bond acceptors (Lipinski definition) is 7. The Balaban J connectivity index is 0.00000341. The number of fused-ring (bicyclic) bond motifs is 1. The zero-order valence-electron chi connectivity index (χ0n) is 18.4. The molecule has 0 spiro atoms. The molecule has 31 heavy (non-hydrogen) atoms. The first kappa shape index (κ1) is 24.2. The third-order valence-corrected chi connectivity index (χ3v) is 4.25. The molecule has 0 saturated carbocycles. The topological polar surface area (TPSA) is 82.6 Å². The number of carbonyl (C=O) groups excluding carboxylic acids is 1. The highest BCUT2D eigenvalue weighted by atomic mass is 35.5. The van der Waals surface area contributed by atoms with Crippen molar-refractivity contribution < 1.29 is 19.0 Å². The summed E-state index contributed by atoms with van der Waals surface area (Å²) >= 11 is 0. The van der Waals surface area contributed by atoms with Gasteiger partial charge >= 0.3 is 5.97 Å². The quantitative estimate of drug-likeness (QED) is 0.460. The number of nitrogens with one attached hydrogen (secondary N) is 1. The van der Waals surface area contributed by atoms with Crippen molar-refractivity contribution in [2.45, 2.75) is 40.7 Å². The van der Waals surface area contributed by atoms with Gasteiger partial charge in [0, 0.05) is 23.3 Å². The number of aryl methyl sites for hydroxylation is 1. The highest BCUT2D eigenvalue weighted by molar-refractivity contribution is 6.05. The smallest absolute Gasteiger partial charge is 0.342 e. The van der Waals surface area contributed by atoms with E-state index in [4.69, 9.17) is 14.2 Å². The van der Waals surface area contributed by atoms with Crippen molar-refractivity contribution in [1.29, 1.82) is 0 Å². The van der Waals surface area contributed by atoms with Crippen molar-refractivity contribution in [1.82, 2.24) is 9.97 Å². The zero-order valence-corrected chi connectivity index (χ0v) is 19.2. The number of benzene rings is 1. The predicted octanol–water partition coefficient (Wildman–Crippen LogP) is 5.47. The summed E-state index contributed by atoms with van der Waals surface area (Å²) < 4.78 is 16.8. The summed E-state index contributed by atoms with van der Waals surface area (Å²) in [5.41, 5.74) is 2.94. The predicted molar refractivity (Wildman–Crippen MR) is 124 cm³/mol. The van der Waals surface area contributed by atoms with E-state index in [1.54, 1.807) is 0 Å². The lowest BCUT2D eigenvalue weighted by molar-refractivity contribution is 0.0379. The van der Waals surface area contributed by atoms with E-state index >= 15 is 0 Å². The Labute approximate surface area is 188 Å². The number of nitrogens with zero attached hydrogens (tertiary/aromatic N) is 2. The number of halogens is 1. The SMILES string of the molecule is CCOc1ccc(OCC)c(Nc2c(C(=O)OC(C)C)cnc3nc(C)ccc23)c1.Cl. The molecule has 0 aliphatic rings.